The average molecular weight is 439 g/mol. The number of pyridine rings is 1. The van der Waals surface area contributed by atoms with Gasteiger partial charge in [-0.15, -0.1) is 0 Å². The Balaban J connectivity index is 1.63. The first-order valence-corrected chi connectivity index (χ1v) is 9.29. The Hall–Kier alpha value is -3.37. The second kappa shape index (κ2) is 7.40. The van der Waals surface area contributed by atoms with Gasteiger partial charge in [-0.3, -0.25) is 4.99 Å². The summed E-state index contributed by atoms with van der Waals surface area (Å²) in [7, 11) is 0. The van der Waals surface area contributed by atoms with Crippen molar-refractivity contribution in [3.8, 4) is 11.5 Å². The maximum atomic E-state index is 14.6. The zero-order valence-electron chi connectivity index (χ0n) is 16.5. The topological polar surface area (TPSA) is 74.3 Å². The van der Waals surface area contributed by atoms with E-state index >= 15 is 0 Å². The number of ether oxygens (including phenoxy) is 1. The van der Waals surface area contributed by atoms with Crippen molar-refractivity contribution in [1.82, 2.24) is 15.3 Å². The number of nitrogens with zero attached hydrogens (tertiary/aromatic N) is 2. The van der Waals surface area contributed by atoms with E-state index in [0.717, 1.165) is 24.4 Å². The molecule has 0 fully saturated rings. The fourth-order valence-electron chi connectivity index (χ4n) is 3.12. The zero-order chi connectivity index (χ0) is 22.4. The molecule has 0 aliphatic carbocycles. The van der Waals surface area contributed by atoms with Gasteiger partial charge >= 0.3 is 6.18 Å². The number of benzene rings is 1. The van der Waals surface area contributed by atoms with Crippen molar-refractivity contribution in [2.24, 2.45) is 10.4 Å². The van der Waals surface area contributed by atoms with Crippen LogP contribution in [0, 0.1) is 17.0 Å². The maximum absolute atomic E-state index is 14.6. The fourth-order valence-corrected chi connectivity index (χ4v) is 3.12. The van der Waals surface area contributed by atoms with Gasteiger partial charge in [0.2, 0.25) is 0 Å². The number of fused-ring (bicyclic) bond motifs is 1. The molecule has 1 aliphatic rings. The van der Waals surface area contributed by atoms with Crippen LogP contribution in [0.1, 0.15) is 19.4 Å². The lowest BCUT2D eigenvalue weighted by atomic mass is 9.93. The maximum Gasteiger partial charge on any atom is 0.418 e. The van der Waals surface area contributed by atoms with Gasteiger partial charge in [-0.05, 0) is 6.07 Å². The van der Waals surface area contributed by atoms with Crippen molar-refractivity contribution in [2.75, 3.05) is 18.4 Å². The Morgan fingerprint density at radius 2 is 1.87 bits per heavy atom. The molecule has 31 heavy (non-hydrogen) atoms. The first-order valence-electron chi connectivity index (χ1n) is 9.29. The number of anilines is 1. The molecule has 6 nitrogen and oxygen atoms in total. The predicted octanol–water partition coefficient (Wildman–Crippen LogP) is 5.05. The van der Waals surface area contributed by atoms with Crippen LogP contribution in [0.2, 0.25) is 0 Å². The normalized spacial score (nSPS) is 16.0. The fraction of sp³-hybridized carbons (Fsp3) is 0.300. The summed E-state index contributed by atoms with van der Waals surface area (Å²) in [5.41, 5.74) is -1.13. The second-order valence-electron chi connectivity index (χ2n) is 7.91. The lowest BCUT2D eigenvalue weighted by molar-refractivity contribution is -0.136. The number of aromatic nitrogens is 2. The molecule has 0 unspecified atom stereocenters. The number of nitrogens with one attached hydrogen (secondary N) is 3. The molecule has 0 atom stereocenters. The third kappa shape index (κ3) is 4.25. The third-order valence-electron chi connectivity index (χ3n) is 4.71. The molecule has 0 radical (unpaired) electrons. The number of guanidine groups is 1. The average Bonchev–Trinajstić information content (AvgIpc) is 3.12. The first-order chi connectivity index (χ1) is 14.5. The molecule has 1 aliphatic heterocycles. The van der Waals surface area contributed by atoms with Crippen LogP contribution in [0.3, 0.4) is 0 Å². The number of alkyl halides is 3. The monoisotopic (exact) mass is 439 g/mol. The molecule has 4 rings (SSSR count). The van der Waals surface area contributed by atoms with E-state index in [0.29, 0.717) is 19.0 Å². The van der Waals surface area contributed by atoms with E-state index in [1.807, 2.05) is 13.8 Å². The highest BCUT2D eigenvalue weighted by Gasteiger charge is 2.35. The standard InChI is InChI=1S/C20H18F5N5O/c1-19(2)8-28-18(29-9-19)30-10-5-12(21)16(13(22)6-10)31-14-3-4-26-17-15(14)11(7-27-17)20(23,24)25/h3-7H,8-9H2,1-2H3,(H,26,27)(H2,28,29,30). The largest absolute Gasteiger partial charge is 0.450 e. The minimum atomic E-state index is -4.70. The van der Waals surface area contributed by atoms with E-state index in [9.17, 15) is 22.0 Å². The van der Waals surface area contributed by atoms with Crippen molar-refractivity contribution >= 4 is 22.7 Å². The highest BCUT2D eigenvalue weighted by molar-refractivity contribution is 5.94. The van der Waals surface area contributed by atoms with E-state index in [1.54, 1.807) is 0 Å². The highest BCUT2D eigenvalue weighted by atomic mass is 19.4. The van der Waals surface area contributed by atoms with Crippen LogP contribution >= 0.6 is 0 Å². The van der Waals surface area contributed by atoms with E-state index in [1.165, 1.54) is 6.20 Å². The van der Waals surface area contributed by atoms with Crippen LogP contribution in [0.25, 0.3) is 11.0 Å². The smallest absolute Gasteiger partial charge is 0.418 e. The van der Waals surface area contributed by atoms with Gasteiger partial charge in [0.1, 0.15) is 11.4 Å². The summed E-state index contributed by atoms with van der Waals surface area (Å²) < 4.78 is 74.3. The van der Waals surface area contributed by atoms with Crippen LogP contribution in [-0.2, 0) is 6.18 Å². The van der Waals surface area contributed by atoms with Gasteiger partial charge in [-0.1, -0.05) is 13.8 Å². The zero-order valence-corrected chi connectivity index (χ0v) is 16.5. The lowest BCUT2D eigenvalue weighted by Crippen LogP contribution is -2.44. The minimum absolute atomic E-state index is 0.0389. The predicted molar refractivity (Wildman–Crippen MR) is 105 cm³/mol. The van der Waals surface area contributed by atoms with Crippen LogP contribution in [0.15, 0.2) is 35.6 Å². The molecular formula is C20H18F5N5O. The van der Waals surface area contributed by atoms with E-state index in [2.05, 4.69) is 25.6 Å². The Morgan fingerprint density at radius 1 is 1.16 bits per heavy atom. The van der Waals surface area contributed by atoms with Crippen molar-refractivity contribution in [3.05, 3.63) is 47.8 Å². The minimum Gasteiger partial charge on any atom is -0.450 e. The Morgan fingerprint density at radius 3 is 2.48 bits per heavy atom. The van der Waals surface area contributed by atoms with Gasteiger partial charge < -0.3 is 20.4 Å². The third-order valence-corrected chi connectivity index (χ3v) is 4.71. The van der Waals surface area contributed by atoms with Crippen LogP contribution in [0.4, 0.5) is 27.6 Å². The molecular weight excluding hydrogens is 421 g/mol. The van der Waals surface area contributed by atoms with Gasteiger partial charge in [0, 0.05) is 48.7 Å². The van der Waals surface area contributed by atoms with E-state index in [4.69, 9.17) is 4.74 Å². The first kappa shape index (κ1) is 20.9. The number of aromatic amines is 1. The van der Waals surface area contributed by atoms with Crippen LogP contribution in [-0.4, -0.2) is 29.0 Å². The van der Waals surface area contributed by atoms with Crippen LogP contribution < -0.4 is 15.4 Å². The molecule has 0 amide bonds. The van der Waals surface area contributed by atoms with Crippen molar-refractivity contribution in [3.63, 3.8) is 0 Å². The SMILES string of the molecule is CC1(C)CN=C(Nc2cc(F)c(Oc3ccnc4[nH]cc(C(F)(F)F)c34)c(F)c2)NC1. The molecule has 0 bridgehead atoms. The summed E-state index contributed by atoms with van der Waals surface area (Å²) in [6, 6.07) is 3.06. The van der Waals surface area contributed by atoms with E-state index < -0.39 is 34.5 Å². The van der Waals surface area contributed by atoms with Gasteiger partial charge in [0.25, 0.3) is 0 Å². The van der Waals surface area contributed by atoms with Gasteiger partial charge in [-0.2, -0.15) is 13.2 Å². The molecule has 11 heteroatoms. The Kier molecular flexibility index (Phi) is 4.98. The molecule has 0 saturated carbocycles. The summed E-state index contributed by atoms with van der Waals surface area (Å²) in [6.45, 7) is 5.21. The van der Waals surface area contributed by atoms with Gasteiger partial charge in [-0.25, -0.2) is 13.8 Å². The second-order valence-corrected chi connectivity index (χ2v) is 7.91. The number of H-pyrrole nitrogens is 1. The van der Waals surface area contributed by atoms with Crippen LogP contribution in [0.5, 0.6) is 11.5 Å². The molecule has 3 N–H and O–H groups in total. The number of halogens is 5. The molecule has 0 spiro atoms. The van der Waals surface area contributed by atoms with E-state index in [-0.39, 0.29) is 22.5 Å². The lowest BCUT2D eigenvalue weighted by Gasteiger charge is -2.29. The summed E-state index contributed by atoms with van der Waals surface area (Å²) in [5.74, 6) is -3.02. The number of rotatable bonds is 3. The van der Waals surface area contributed by atoms with Crippen molar-refractivity contribution in [2.45, 2.75) is 20.0 Å². The van der Waals surface area contributed by atoms with Crippen molar-refractivity contribution in [1.29, 1.82) is 0 Å². The molecule has 3 aromatic rings. The number of hydrogen-bond acceptors (Lipinski definition) is 5. The summed E-state index contributed by atoms with van der Waals surface area (Å²) in [5, 5.41) is 5.40. The number of aliphatic imine (C=N–C) groups is 1. The number of hydrogen-bond donors (Lipinski definition) is 3. The molecule has 2 aromatic heterocycles. The quantitative estimate of drug-likeness (QED) is 0.500. The molecule has 164 valence electrons. The molecule has 0 saturated heterocycles. The van der Waals surface area contributed by atoms with Gasteiger partial charge in [0.15, 0.2) is 23.3 Å². The Bertz CT molecular complexity index is 1150. The highest BCUT2D eigenvalue weighted by Crippen LogP contribution is 2.40. The summed E-state index contributed by atoms with van der Waals surface area (Å²) in [4.78, 5) is 10.5. The summed E-state index contributed by atoms with van der Waals surface area (Å²) in [6.07, 6.45) is -2.80. The van der Waals surface area contributed by atoms with Gasteiger partial charge in [0.05, 0.1) is 10.9 Å². The Labute approximate surface area is 173 Å². The molecule has 1 aromatic carbocycles. The van der Waals surface area contributed by atoms with Crippen molar-refractivity contribution < 1.29 is 26.7 Å². The molecule has 3 heterocycles. The summed E-state index contributed by atoms with van der Waals surface area (Å²) >= 11 is 0.